The third-order valence-electron chi connectivity index (χ3n) is 2.55. The van der Waals surface area contributed by atoms with Crippen molar-refractivity contribution in [2.45, 2.75) is 19.6 Å². The molecule has 1 heterocycles. The van der Waals surface area contributed by atoms with E-state index in [1.807, 2.05) is 12.1 Å². The van der Waals surface area contributed by atoms with Gasteiger partial charge in [-0.3, -0.25) is 0 Å². The Morgan fingerprint density at radius 3 is 2.81 bits per heavy atom. The minimum Gasteiger partial charge on any atom is -0.480 e. The number of hydrogen-bond acceptors (Lipinski definition) is 3. The van der Waals surface area contributed by atoms with Crippen molar-refractivity contribution in [2.24, 2.45) is 0 Å². The number of rotatable bonds is 3. The number of nitrogens with zero attached hydrogens (tertiary/aromatic N) is 2. The van der Waals surface area contributed by atoms with Gasteiger partial charge in [0.2, 0.25) is 0 Å². The quantitative estimate of drug-likeness (QED) is 0.814. The number of carboxylic acids is 1. The third kappa shape index (κ3) is 1.55. The summed E-state index contributed by atoms with van der Waals surface area (Å²) in [6.07, 6.45) is 0. The highest BCUT2D eigenvalue weighted by atomic mass is 16.4. The van der Waals surface area contributed by atoms with E-state index in [1.165, 1.54) is 4.57 Å². The van der Waals surface area contributed by atoms with Crippen molar-refractivity contribution in [3.63, 3.8) is 0 Å². The van der Waals surface area contributed by atoms with Crippen LogP contribution < -0.4 is 0 Å². The van der Waals surface area contributed by atoms with Gasteiger partial charge < -0.3 is 14.8 Å². The van der Waals surface area contributed by atoms with Crippen LogP contribution in [0.2, 0.25) is 0 Å². The lowest BCUT2D eigenvalue weighted by molar-refractivity contribution is -0.140. The lowest BCUT2D eigenvalue weighted by atomic mass is 10.3. The number of aliphatic carboxylic acids is 1. The fourth-order valence-corrected chi connectivity index (χ4v) is 1.75. The van der Waals surface area contributed by atoms with Gasteiger partial charge in [-0.25, -0.2) is 9.78 Å². The zero-order valence-electron chi connectivity index (χ0n) is 8.79. The van der Waals surface area contributed by atoms with E-state index in [0.29, 0.717) is 11.3 Å². The Labute approximate surface area is 92.0 Å². The van der Waals surface area contributed by atoms with E-state index in [0.717, 1.165) is 5.52 Å². The second-order valence-electron chi connectivity index (χ2n) is 3.56. The zero-order chi connectivity index (χ0) is 11.7. The van der Waals surface area contributed by atoms with Gasteiger partial charge in [0.25, 0.3) is 0 Å². The second-order valence-corrected chi connectivity index (χ2v) is 3.56. The first-order valence-corrected chi connectivity index (χ1v) is 4.94. The average molecular weight is 220 g/mol. The van der Waals surface area contributed by atoms with E-state index in [1.54, 1.807) is 19.1 Å². The van der Waals surface area contributed by atoms with Gasteiger partial charge in [0.05, 0.1) is 11.0 Å². The van der Waals surface area contributed by atoms with Crippen molar-refractivity contribution < 1.29 is 15.0 Å². The molecule has 0 saturated carbocycles. The van der Waals surface area contributed by atoms with E-state index in [2.05, 4.69) is 4.98 Å². The number of carboxylic acid groups (broad SMARTS) is 1. The molecular formula is C11H12N2O3. The van der Waals surface area contributed by atoms with Gasteiger partial charge in [-0.2, -0.15) is 0 Å². The normalized spacial score (nSPS) is 12.9. The minimum absolute atomic E-state index is 0.272. The molecule has 1 atom stereocenters. The summed E-state index contributed by atoms with van der Waals surface area (Å²) < 4.78 is 1.54. The van der Waals surface area contributed by atoms with Crippen molar-refractivity contribution in [1.82, 2.24) is 9.55 Å². The van der Waals surface area contributed by atoms with Gasteiger partial charge in [0.1, 0.15) is 18.5 Å². The van der Waals surface area contributed by atoms with Crippen LogP contribution in [0.3, 0.4) is 0 Å². The topological polar surface area (TPSA) is 75.3 Å². The van der Waals surface area contributed by atoms with E-state index in [4.69, 9.17) is 5.11 Å². The highest BCUT2D eigenvalue weighted by molar-refractivity contribution is 5.80. The van der Waals surface area contributed by atoms with Crippen LogP contribution in [-0.2, 0) is 11.4 Å². The van der Waals surface area contributed by atoms with Crippen molar-refractivity contribution in [3.8, 4) is 0 Å². The number of fused-ring (bicyclic) bond motifs is 1. The molecular weight excluding hydrogens is 208 g/mol. The first-order valence-electron chi connectivity index (χ1n) is 4.94. The van der Waals surface area contributed by atoms with E-state index in [-0.39, 0.29) is 6.61 Å². The Bertz CT molecular complexity index is 533. The minimum atomic E-state index is -0.946. The fourth-order valence-electron chi connectivity index (χ4n) is 1.75. The van der Waals surface area contributed by atoms with Gasteiger partial charge in [-0.05, 0) is 19.1 Å². The molecule has 0 radical (unpaired) electrons. The molecule has 0 fully saturated rings. The Morgan fingerprint density at radius 1 is 1.50 bits per heavy atom. The summed E-state index contributed by atoms with van der Waals surface area (Å²) in [7, 11) is 0. The second kappa shape index (κ2) is 3.94. The molecule has 5 heteroatoms. The van der Waals surface area contributed by atoms with Gasteiger partial charge in [0, 0.05) is 0 Å². The standard InChI is InChI=1S/C11H12N2O3/c1-7(11(15)16)13-9-5-3-2-4-8(9)12-10(13)6-14/h2-5,7,14H,6H2,1H3,(H,15,16). The van der Waals surface area contributed by atoms with Crippen LogP contribution in [-0.4, -0.2) is 25.7 Å². The SMILES string of the molecule is CC(C(=O)O)n1c(CO)nc2ccccc21. The van der Waals surface area contributed by atoms with Gasteiger partial charge >= 0.3 is 5.97 Å². The predicted molar refractivity (Wildman–Crippen MR) is 58.0 cm³/mol. The van der Waals surface area contributed by atoms with Crippen LogP contribution in [0.5, 0.6) is 0 Å². The van der Waals surface area contributed by atoms with Crippen LogP contribution in [0, 0.1) is 0 Å². The number of imidazole rings is 1. The van der Waals surface area contributed by atoms with E-state index >= 15 is 0 Å². The number of carbonyl (C=O) groups is 1. The maximum atomic E-state index is 11.0. The summed E-state index contributed by atoms with van der Waals surface area (Å²) in [6, 6.07) is 6.48. The Morgan fingerprint density at radius 2 is 2.19 bits per heavy atom. The van der Waals surface area contributed by atoms with Crippen LogP contribution in [0.4, 0.5) is 0 Å². The summed E-state index contributed by atoms with van der Waals surface area (Å²) in [4.78, 5) is 15.2. The molecule has 1 unspecified atom stereocenters. The summed E-state index contributed by atoms with van der Waals surface area (Å²) >= 11 is 0. The first kappa shape index (κ1) is 10.6. The molecule has 1 aromatic heterocycles. The zero-order valence-corrected chi connectivity index (χ0v) is 8.79. The maximum Gasteiger partial charge on any atom is 0.326 e. The van der Waals surface area contributed by atoms with Crippen molar-refractivity contribution in [2.75, 3.05) is 0 Å². The summed E-state index contributed by atoms with van der Waals surface area (Å²) in [5.74, 6) is -0.575. The number of aliphatic hydroxyl groups excluding tert-OH is 1. The molecule has 0 amide bonds. The molecule has 2 rings (SSSR count). The molecule has 0 spiro atoms. The first-order chi connectivity index (χ1) is 7.65. The number of hydrogen-bond donors (Lipinski definition) is 2. The number of benzene rings is 1. The Kier molecular flexibility index (Phi) is 2.62. The van der Waals surface area contributed by atoms with Crippen LogP contribution in [0.25, 0.3) is 11.0 Å². The monoisotopic (exact) mass is 220 g/mol. The van der Waals surface area contributed by atoms with Crippen molar-refractivity contribution in [1.29, 1.82) is 0 Å². The molecule has 16 heavy (non-hydrogen) atoms. The summed E-state index contributed by atoms with van der Waals surface area (Å²) in [5, 5.41) is 18.2. The highest BCUT2D eigenvalue weighted by Gasteiger charge is 2.19. The van der Waals surface area contributed by atoms with Gasteiger partial charge in [-0.15, -0.1) is 0 Å². The third-order valence-corrected chi connectivity index (χ3v) is 2.55. The molecule has 1 aromatic carbocycles. The molecule has 5 nitrogen and oxygen atoms in total. The molecule has 0 bridgehead atoms. The van der Waals surface area contributed by atoms with E-state index < -0.39 is 12.0 Å². The highest BCUT2D eigenvalue weighted by Crippen LogP contribution is 2.21. The molecule has 2 aromatic rings. The number of aliphatic hydroxyl groups is 1. The molecule has 0 saturated heterocycles. The van der Waals surface area contributed by atoms with Crippen LogP contribution >= 0.6 is 0 Å². The van der Waals surface area contributed by atoms with Gasteiger partial charge in [-0.1, -0.05) is 12.1 Å². The van der Waals surface area contributed by atoms with Crippen LogP contribution in [0.1, 0.15) is 18.8 Å². The number of para-hydroxylation sites is 2. The van der Waals surface area contributed by atoms with Gasteiger partial charge in [0.15, 0.2) is 0 Å². The Hall–Kier alpha value is -1.88. The molecule has 2 N–H and O–H groups in total. The fraction of sp³-hybridized carbons (Fsp3) is 0.273. The molecule has 84 valence electrons. The predicted octanol–water partition coefficient (Wildman–Crippen LogP) is 1.17. The lowest BCUT2D eigenvalue weighted by Gasteiger charge is -2.12. The average Bonchev–Trinajstić information content (AvgIpc) is 2.66. The number of aromatic nitrogens is 2. The molecule has 0 aliphatic rings. The molecule has 0 aliphatic carbocycles. The smallest absolute Gasteiger partial charge is 0.326 e. The maximum absolute atomic E-state index is 11.0. The summed E-state index contributed by atoms with van der Waals surface area (Å²) in [5.41, 5.74) is 1.42. The Balaban J connectivity index is 2.69. The largest absolute Gasteiger partial charge is 0.480 e. The summed E-state index contributed by atoms with van der Waals surface area (Å²) in [6.45, 7) is 1.29. The van der Waals surface area contributed by atoms with Crippen molar-refractivity contribution >= 4 is 17.0 Å². The van der Waals surface area contributed by atoms with Crippen molar-refractivity contribution in [3.05, 3.63) is 30.1 Å². The van der Waals surface area contributed by atoms with Crippen LogP contribution in [0.15, 0.2) is 24.3 Å². The van der Waals surface area contributed by atoms with E-state index in [9.17, 15) is 9.90 Å². The lowest BCUT2D eigenvalue weighted by Crippen LogP contribution is -2.17. The molecule has 0 aliphatic heterocycles.